The minimum atomic E-state index is -2.25. The maximum atomic E-state index is 16.1. The summed E-state index contributed by atoms with van der Waals surface area (Å²) in [4.78, 5) is 4.86. The summed E-state index contributed by atoms with van der Waals surface area (Å²) in [5.74, 6) is -9.52. The topological polar surface area (TPSA) is 40.6 Å². The molecule has 0 aliphatic carbocycles. The van der Waals surface area contributed by atoms with E-state index in [9.17, 15) is 4.39 Å². The van der Waals surface area contributed by atoms with Gasteiger partial charge in [-0.05, 0) is 51.7 Å². The summed E-state index contributed by atoms with van der Waals surface area (Å²) in [6, 6.07) is 52.6. The molecular weight excluding hydrogens is 1010 g/mol. The number of rotatable bonds is 6. The van der Waals surface area contributed by atoms with Crippen molar-refractivity contribution >= 4 is 43.6 Å². The van der Waals surface area contributed by atoms with Gasteiger partial charge in [-0.1, -0.05) is 135 Å². The average Bonchev–Trinajstić information content (AvgIpc) is 3.98. The molecular formula is C54H34F5N5Pt. The smallest absolute Gasteiger partial charge is 0.358 e. The van der Waals surface area contributed by atoms with E-state index in [1.54, 1.807) is 66.7 Å². The molecule has 11 heteroatoms. The van der Waals surface area contributed by atoms with E-state index in [4.69, 9.17) is 10.1 Å². The van der Waals surface area contributed by atoms with E-state index >= 15 is 17.6 Å². The molecule has 0 bridgehead atoms. The van der Waals surface area contributed by atoms with Gasteiger partial charge in [-0.2, -0.15) is 17.2 Å². The number of fused-ring (bicyclic) bond motifs is 6. The number of nitrogens with zero attached hydrogens (tertiary/aromatic N) is 5. The van der Waals surface area contributed by atoms with Crippen LogP contribution in [0.15, 0.2) is 152 Å². The predicted octanol–water partition coefficient (Wildman–Crippen LogP) is 14.1. The summed E-state index contributed by atoms with van der Waals surface area (Å²) >= 11 is 0. The summed E-state index contributed by atoms with van der Waals surface area (Å²) in [5.41, 5.74) is 4.94. The van der Waals surface area contributed by atoms with Crippen molar-refractivity contribution in [2.24, 2.45) is 0 Å². The van der Waals surface area contributed by atoms with Crippen LogP contribution in [0.25, 0.3) is 94.4 Å². The zero-order valence-electron chi connectivity index (χ0n) is 34.9. The molecule has 0 saturated heterocycles. The molecule has 0 spiro atoms. The second-order valence-electron chi connectivity index (χ2n) is 16.7. The van der Waals surface area contributed by atoms with Crippen molar-refractivity contribution in [3.8, 4) is 50.8 Å². The fourth-order valence-electron chi connectivity index (χ4n) is 8.83. The van der Waals surface area contributed by atoms with Crippen LogP contribution in [-0.4, -0.2) is 23.9 Å². The van der Waals surface area contributed by atoms with Gasteiger partial charge in [0.2, 0.25) is 5.82 Å². The van der Waals surface area contributed by atoms with Gasteiger partial charge in [0.1, 0.15) is 11.5 Å². The Morgan fingerprint density at radius 1 is 0.492 bits per heavy atom. The number of para-hydroxylation sites is 2. The molecule has 7 aromatic carbocycles. The second kappa shape index (κ2) is 15.8. The Bertz CT molecular complexity index is 3630. The minimum absolute atomic E-state index is 0. The molecule has 0 radical (unpaired) electrons. The summed E-state index contributed by atoms with van der Waals surface area (Å²) in [7, 11) is 0. The fourth-order valence-corrected chi connectivity index (χ4v) is 8.83. The second-order valence-corrected chi connectivity index (χ2v) is 16.7. The average molecular weight is 1040 g/mol. The Morgan fingerprint density at radius 2 is 1.00 bits per heavy atom. The molecule has 0 unspecified atom stereocenters. The minimum Gasteiger partial charge on any atom is -0.358 e. The Balaban J connectivity index is 0.00000498. The number of pyridine rings is 1. The van der Waals surface area contributed by atoms with Crippen LogP contribution in [0.4, 0.5) is 22.0 Å². The van der Waals surface area contributed by atoms with Gasteiger partial charge in [0.05, 0.1) is 11.3 Å². The maximum Gasteiger partial charge on any atom is 2.00 e. The van der Waals surface area contributed by atoms with Crippen LogP contribution < -0.4 is 0 Å². The van der Waals surface area contributed by atoms with E-state index in [0.29, 0.717) is 28.0 Å². The van der Waals surface area contributed by atoms with Gasteiger partial charge < -0.3 is 9.13 Å². The van der Waals surface area contributed by atoms with Gasteiger partial charge in [0, 0.05) is 33.9 Å². The van der Waals surface area contributed by atoms with Gasteiger partial charge in [-0.25, -0.2) is 26.9 Å². The molecule has 0 atom stereocenters. The van der Waals surface area contributed by atoms with Crippen molar-refractivity contribution in [3.63, 3.8) is 0 Å². The van der Waals surface area contributed by atoms with Gasteiger partial charge in [0.25, 0.3) is 0 Å². The van der Waals surface area contributed by atoms with E-state index in [1.807, 2.05) is 60.8 Å². The molecule has 0 N–H and O–H groups in total. The van der Waals surface area contributed by atoms with Crippen molar-refractivity contribution in [3.05, 3.63) is 199 Å². The molecule has 0 amide bonds. The molecule has 0 aliphatic heterocycles. The Kier molecular flexibility index (Phi) is 10.2. The normalized spacial score (nSPS) is 11.9. The maximum absolute atomic E-state index is 16.1. The largest absolute Gasteiger partial charge is 2.00 e. The first-order chi connectivity index (χ1) is 31.0. The van der Waals surface area contributed by atoms with E-state index in [1.165, 1.54) is 4.68 Å². The number of aromatic nitrogens is 5. The number of halogens is 5. The number of hydrogen-bond acceptors (Lipinski definition) is 2. The van der Waals surface area contributed by atoms with Gasteiger partial charge in [-0.15, -0.1) is 35.0 Å². The Labute approximate surface area is 384 Å². The molecule has 65 heavy (non-hydrogen) atoms. The first-order valence-electron chi connectivity index (χ1n) is 20.6. The van der Waals surface area contributed by atoms with Crippen molar-refractivity contribution in [1.29, 1.82) is 0 Å². The first kappa shape index (κ1) is 41.8. The molecule has 0 fully saturated rings. The zero-order valence-corrected chi connectivity index (χ0v) is 37.1. The molecule has 0 aliphatic rings. The van der Waals surface area contributed by atoms with E-state index in [0.717, 1.165) is 49.5 Å². The van der Waals surface area contributed by atoms with Gasteiger partial charge in [-0.3, -0.25) is 4.68 Å². The van der Waals surface area contributed by atoms with Crippen LogP contribution in [0.3, 0.4) is 0 Å². The standard InChI is InChI=1S/C54H34F5N5.Pt/c1-54(2,3)33-26-27-60-44(28-33)63-41-21-13-11-19-37(41)39-24-22-34(29-43(39)63)62-40-20-12-10-18-36(40)38-25-23-35(30-42(38)62)64-53(32-16-8-5-9-17-32)46(52(61-64)31-14-6-4-7-15-31)45-47(55)49(57)51(59)50(58)48(45)56;/h4-28H,1-3H3;/q-2;+2. The van der Waals surface area contributed by atoms with Crippen molar-refractivity contribution in [1.82, 2.24) is 23.9 Å². The quantitative estimate of drug-likeness (QED) is 0.0721. The summed E-state index contributed by atoms with van der Waals surface area (Å²) in [6.07, 6.45) is 1.84. The van der Waals surface area contributed by atoms with E-state index in [2.05, 4.69) is 66.3 Å². The van der Waals surface area contributed by atoms with E-state index < -0.39 is 34.6 Å². The monoisotopic (exact) mass is 1040 g/mol. The van der Waals surface area contributed by atoms with Crippen LogP contribution in [0, 0.1) is 41.2 Å². The Hall–Kier alpha value is -7.16. The molecule has 4 heterocycles. The summed E-state index contributed by atoms with van der Waals surface area (Å²) < 4.78 is 82.6. The third-order valence-electron chi connectivity index (χ3n) is 11.9. The third-order valence-corrected chi connectivity index (χ3v) is 11.9. The first-order valence-corrected chi connectivity index (χ1v) is 20.6. The fraction of sp³-hybridized carbons (Fsp3) is 0.0741. The third kappa shape index (κ3) is 6.61. The van der Waals surface area contributed by atoms with Gasteiger partial charge in [0.15, 0.2) is 23.3 Å². The van der Waals surface area contributed by atoms with E-state index in [-0.39, 0.29) is 43.4 Å². The summed E-state index contributed by atoms with van der Waals surface area (Å²) in [5, 5.41) is 8.78. The molecule has 5 nitrogen and oxygen atoms in total. The molecule has 4 aromatic heterocycles. The Morgan fingerprint density at radius 3 is 1.62 bits per heavy atom. The van der Waals surface area contributed by atoms with Gasteiger partial charge >= 0.3 is 21.1 Å². The van der Waals surface area contributed by atoms with Crippen molar-refractivity contribution in [2.45, 2.75) is 26.2 Å². The number of hydrogen-bond donors (Lipinski definition) is 0. The van der Waals surface area contributed by atoms with Crippen LogP contribution in [0.1, 0.15) is 26.3 Å². The molecule has 0 saturated carbocycles. The van der Waals surface area contributed by atoms with Crippen LogP contribution in [0.5, 0.6) is 0 Å². The SMILES string of the molecule is CC(C)(C)c1ccnc(-n2c3[c-]c(-n4c5[c-]c(-n6nc(-c7ccccc7)c(-c7c(F)c(F)c(F)c(F)c7F)c6-c6ccccc6)ccc5c5ccccc54)ccc3c3ccccc32)c1.[Pt+2]. The number of benzene rings is 7. The zero-order chi connectivity index (χ0) is 44.0. The van der Waals surface area contributed by atoms with Crippen molar-refractivity contribution in [2.75, 3.05) is 0 Å². The van der Waals surface area contributed by atoms with Crippen LogP contribution in [-0.2, 0) is 26.5 Å². The molecule has 11 aromatic rings. The predicted molar refractivity (Wildman–Crippen MR) is 243 cm³/mol. The van der Waals surface area contributed by atoms with Crippen LogP contribution >= 0.6 is 0 Å². The van der Waals surface area contributed by atoms with Crippen molar-refractivity contribution < 1.29 is 43.0 Å². The molecule has 11 rings (SSSR count). The molecule has 320 valence electrons. The summed E-state index contributed by atoms with van der Waals surface area (Å²) in [6.45, 7) is 6.51. The van der Waals surface area contributed by atoms with Crippen LogP contribution in [0.2, 0.25) is 0 Å².